The Labute approximate surface area is 120 Å². The van der Waals surface area contributed by atoms with Crippen LogP contribution in [0.4, 0.5) is 5.69 Å². The Morgan fingerprint density at radius 2 is 2.00 bits per heavy atom. The average Bonchev–Trinajstić information content (AvgIpc) is 3.12. The molecule has 1 atom stereocenters. The van der Waals surface area contributed by atoms with Gasteiger partial charge in [-0.2, -0.15) is 0 Å². The molecule has 1 saturated carbocycles. The van der Waals surface area contributed by atoms with Gasteiger partial charge in [0, 0.05) is 10.9 Å². The zero-order chi connectivity index (χ0) is 13.7. The van der Waals surface area contributed by atoms with E-state index >= 15 is 0 Å². The van der Waals surface area contributed by atoms with E-state index in [-0.39, 0.29) is 11.8 Å². The number of amidine groups is 1. The van der Waals surface area contributed by atoms with Gasteiger partial charge in [-0.1, -0.05) is 11.8 Å². The Morgan fingerprint density at radius 3 is 2.80 bits per heavy atom. The highest BCUT2D eigenvalue weighted by Crippen LogP contribution is 2.42. The lowest BCUT2D eigenvalue weighted by atomic mass is 10.1. The lowest BCUT2D eigenvalue weighted by Crippen LogP contribution is -2.19. The molecule has 102 valence electrons. The Bertz CT molecular complexity index is 652. The number of carbonyl (C=O) groups is 2. The van der Waals surface area contributed by atoms with Crippen LogP contribution < -0.4 is 10.6 Å². The van der Waals surface area contributed by atoms with Crippen molar-refractivity contribution in [2.45, 2.75) is 18.1 Å². The molecule has 0 radical (unpaired) electrons. The molecule has 6 heteroatoms. The van der Waals surface area contributed by atoms with Crippen LogP contribution in [-0.2, 0) is 0 Å². The second-order valence-electron chi connectivity index (χ2n) is 5.31. The number of fused-ring (bicyclic) bond motifs is 1. The third kappa shape index (κ3) is 2.00. The normalized spacial score (nSPS) is 24.4. The number of imide groups is 1. The summed E-state index contributed by atoms with van der Waals surface area (Å²) in [5, 5.41) is 7.05. The molecule has 1 fully saturated rings. The van der Waals surface area contributed by atoms with Crippen LogP contribution in [0.3, 0.4) is 0 Å². The van der Waals surface area contributed by atoms with E-state index in [2.05, 4.69) is 15.6 Å². The highest BCUT2D eigenvalue weighted by atomic mass is 32.2. The molecule has 1 aliphatic carbocycles. The van der Waals surface area contributed by atoms with Gasteiger partial charge in [0.15, 0.2) is 5.17 Å². The highest BCUT2D eigenvalue weighted by molar-refractivity contribution is 8.15. The second kappa shape index (κ2) is 4.34. The van der Waals surface area contributed by atoms with Gasteiger partial charge < -0.3 is 5.32 Å². The van der Waals surface area contributed by atoms with Crippen molar-refractivity contribution in [2.24, 2.45) is 10.9 Å². The summed E-state index contributed by atoms with van der Waals surface area (Å²) < 4.78 is 0. The predicted molar refractivity (Wildman–Crippen MR) is 78.3 cm³/mol. The molecule has 0 spiro atoms. The van der Waals surface area contributed by atoms with Gasteiger partial charge in [-0.3, -0.25) is 19.9 Å². The fourth-order valence-corrected chi connectivity index (χ4v) is 3.77. The molecule has 3 aliphatic rings. The van der Waals surface area contributed by atoms with Crippen LogP contribution in [-0.4, -0.2) is 28.8 Å². The van der Waals surface area contributed by atoms with Gasteiger partial charge >= 0.3 is 0 Å². The first-order valence-corrected chi connectivity index (χ1v) is 7.56. The minimum Gasteiger partial charge on any atom is -0.335 e. The van der Waals surface area contributed by atoms with Crippen molar-refractivity contribution < 1.29 is 9.59 Å². The molecule has 20 heavy (non-hydrogen) atoms. The minimum absolute atomic E-state index is 0.321. The zero-order valence-corrected chi connectivity index (χ0v) is 11.5. The summed E-state index contributed by atoms with van der Waals surface area (Å²) in [6.07, 6.45) is 2.64. The topological polar surface area (TPSA) is 70.6 Å². The first-order chi connectivity index (χ1) is 9.70. The lowest BCUT2D eigenvalue weighted by Gasteiger charge is -2.08. The molecule has 0 saturated heterocycles. The van der Waals surface area contributed by atoms with Crippen molar-refractivity contribution in [1.29, 1.82) is 0 Å². The van der Waals surface area contributed by atoms with Gasteiger partial charge in [-0.15, -0.1) is 0 Å². The lowest BCUT2D eigenvalue weighted by molar-refractivity contribution is 0.0879. The molecule has 1 unspecified atom stereocenters. The second-order valence-corrected chi connectivity index (χ2v) is 6.54. The van der Waals surface area contributed by atoms with E-state index < -0.39 is 0 Å². The maximum atomic E-state index is 11.6. The number of carbonyl (C=O) groups excluding carboxylic acids is 2. The Balaban J connectivity index is 1.51. The molecular formula is C14H13N3O2S. The molecule has 2 amide bonds. The predicted octanol–water partition coefficient (Wildman–Crippen LogP) is 1.86. The highest BCUT2D eigenvalue weighted by Gasteiger charge is 2.35. The van der Waals surface area contributed by atoms with Gasteiger partial charge in [-0.05, 0) is 37.0 Å². The van der Waals surface area contributed by atoms with Crippen molar-refractivity contribution in [2.75, 3.05) is 11.9 Å². The van der Waals surface area contributed by atoms with Crippen LogP contribution in [0, 0.1) is 5.92 Å². The summed E-state index contributed by atoms with van der Waals surface area (Å²) in [5.74, 6) is 0.176. The Hall–Kier alpha value is -1.82. The van der Waals surface area contributed by atoms with E-state index in [4.69, 9.17) is 0 Å². The number of rotatable bonds is 2. The number of anilines is 1. The van der Waals surface area contributed by atoms with Crippen molar-refractivity contribution >= 4 is 34.4 Å². The molecule has 2 N–H and O–H groups in total. The number of hydrogen-bond acceptors (Lipinski definition) is 5. The zero-order valence-electron chi connectivity index (χ0n) is 10.7. The molecule has 1 aromatic carbocycles. The number of hydrogen-bond donors (Lipinski definition) is 2. The molecular weight excluding hydrogens is 274 g/mol. The molecule has 0 bridgehead atoms. The third-order valence-corrected chi connectivity index (χ3v) is 5.10. The summed E-state index contributed by atoms with van der Waals surface area (Å²) in [7, 11) is 0. The number of amides is 2. The first-order valence-electron chi connectivity index (χ1n) is 6.68. The fraction of sp³-hybridized carbons (Fsp3) is 0.357. The van der Waals surface area contributed by atoms with Crippen LogP contribution in [0.2, 0.25) is 0 Å². The van der Waals surface area contributed by atoms with Crippen LogP contribution in [0.5, 0.6) is 0 Å². The standard InChI is InChI=1S/C14H13N3O2S/c18-12-9-4-3-8(5-10(9)13(19)17-12)16-14-15-6-11(20-14)7-1-2-7/h3-5,7,11H,1-2,6H2,(H,15,16)(H,17,18,19). The van der Waals surface area contributed by atoms with E-state index in [9.17, 15) is 9.59 Å². The van der Waals surface area contributed by atoms with Crippen molar-refractivity contribution in [3.63, 3.8) is 0 Å². The van der Waals surface area contributed by atoms with Gasteiger partial charge in [0.1, 0.15) is 0 Å². The van der Waals surface area contributed by atoms with Gasteiger partial charge in [0.05, 0.1) is 17.7 Å². The summed E-state index contributed by atoms with van der Waals surface area (Å²) in [4.78, 5) is 27.6. The van der Waals surface area contributed by atoms with Gasteiger partial charge in [0.25, 0.3) is 11.8 Å². The summed E-state index contributed by atoms with van der Waals surface area (Å²) in [5.41, 5.74) is 1.68. The smallest absolute Gasteiger partial charge is 0.259 e. The van der Waals surface area contributed by atoms with Crippen molar-refractivity contribution in [3.05, 3.63) is 29.3 Å². The van der Waals surface area contributed by atoms with Crippen LogP contribution in [0.15, 0.2) is 23.2 Å². The molecule has 2 heterocycles. The minimum atomic E-state index is -0.328. The van der Waals surface area contributed by atoms with Crippen LogP contribution in [0.25, 0.3) is 0 Å². The first kappa shape index (κ1) is 12.0. The molecule has 5 nitrogen and oxygen atoms in total. The van der Waals surface area contributed by atoms with Gasteiger partial charge in [0.2, 0.25) is 0 Å². The maximum absolute atomic E-state index is 11.6. The third-order valence-electron chi connectivity index (χ3n) is 3.81. The Kier molecular flexibility index (Phi) is 2.60. The molecule has 1 aromatic rings. The summed E-state index contributed by atoms with van der Waals surface area (Å²) in [6.45, 7) is 0.877. The van der Waals surface area contributed by atoms with E-state index in [1.165, 1.54) is 12.8 Å². The number of aliphatic imine (C=N–C) groups is 1. The van der Waals surface area contributed by atoms with E-state index in [0.717, 1.165) is 23.3 Å². The van der Waals surface area contributed by atoms with Crippen LogP contribution in [0.1, 0.15) is 33.6 Å². The quantitative estimate of drug-likeness (QED) is 0.815. The monoisotopic (exact) mass is 287 g/mol. The number of benzene rings is 1. The maximum Gasteiger partial charge on any atom is 0.259 e. The fourth-order valence-electron chi connectivity index (χ4n) is 2.54. The summed E-state index contributed by atoms with van der Waals surface area (Å²) in [6, 6.07) is 5.20. The van der Waals surface area contributed by atoms with E-state index in [1.54, 1.807) is 23.9 Å². The van der Waals surface area contributed by atoms with E-state index in [1.807, 2.05) is 6.07 Å². The van der Waals surface area contributed by atoms with E-state index in [0.29, 0.717) is 16.4 Å². The molecule has 4 rings (SSSR count). The summed E-state index contributed by atoms with van der Waals surface area (Å²) >= 11 is 1.78. The molecule has 0 aromatic heterocycles. The van der Waals surface area contributed by atoms with Gasteiger partial charge in [-0.25, -0.2) is 0 Å². The average molecular weight is 287 g/mol. The number of nitrogens with zero attached hydrogens (tertiary/aromatic N) is 1. The van der Waals surface area contributed by atoms with Crippen molar-refractivity contribution in [3.8, 4) is 0 Å². The van der Waals surface area contributed by atoms with Crippen LogP contribution >= 0.6 is 11.8 Å². The van der Waals surface area contributed by atoms with Crippen molar-refractivity contribution in [1.82, 2.24) is 5.32 Å². The Morgan fingerprint density at radius 1 is 1.20 bits per heavy atom. The molecule has 2 aliphatic heterocycles. The largest absolute Gasteiger partial charge is 0.335 e. The number of nitrogens with one attached hydrogen (secondary N) is 2. The SMILES string of the molecule is O=C1NC(=O)c2cc(NC3=NCC(C4CC4)S3)ccc21. The number of thioether (sulfide) groups is 1.